The lowest BCUT2D eigenvalue weighted by molar-refractivity contribution is -0.152. The number of amides is 2. The molecule has 0 spiro atoms. The Morgan fingerprint density at radius 2 is 1.63 bits per heavy atom. The average molecular weight is 406 g/mol. The normalized spacial score (nSPS) is 11.4. The van der Waals surface area contributed by atoms with Crippen molar-refractivity contribution >= 4 is 34.2 Å². The van der Waals surface area contributed by atoms with E-state index in [9.17, 15) is 14.4 Å². The Morgan fingerprint density at radius 1 is 0.933 bits per heavy atom. The molecule has 3 aromatic rings. The van der Waals surface area contributed by atoms with Crippen molar-refractivity contribution in [3.8, 4) is 5.75 Å². The minimum Gasteiger partial charge on any atom is -0.497 e. The quantitative estimate of drug-likeness (QED) is 0.588. The van der Waals surface area contributed by atoms with E-state index in [1.165, 1.54) is 14.0 Å². The van der Waals surface area contributed by atoms with Crippen LogP contribution in [0.25, 0.3) is 10.8 Å². The van der Waals surface area contributed by atoms with E-state index in [0.717, 1.165) is 10.8 Å². The predicted octanol–water partition coefficient (Wildman–Crippen LogP) is 3.15. The lowest BCUT2D eigenvalue weighted by Gasteiger charge is -2.14. The minimum atomic E-state index is -1.01. The van der Waals surface area contributed by atoms with Crippen molar-refractivity contribution in [1.29, 1.82) is 0 Å². The topological polar surface area (TPSA) is 93.7 Å². The highest BCUT2D eigenvalue weighted by atomic mass is 16.5. The molecule has 0 bridgehead atoms. The molecule has 0 saturated carbocycles. The molecule has 1 atom stereocenters. The molecule has 0 heterocycles. The third-order valence-electron chi connectivity index (χ3n) is 4.44. The van der Waals surface area contributed by atoms with Gasteiger partial charge in [-0.3, -0.25) is 14.4 Å². The summed E-state index contributed by atoms with van der Waals surface area (Å²) >= 11 is 0. The van der Waals surface area contributed by atoms with Crippen LogP contribution in [0.1, 0.15) is 17.3 Å². The zero-order chi connectivity index (χ0) is 21.5. The number of benzene rings is 3. The van der Waals surface area contributed by atoms with Crippen molar-refractivity contribution in [3.63, 3.8) is 0 Å². The zero-order valence-electron chi connectivity index (χ0n) is 16.7. The number of nitrogens with one attached hydrogen (secondary N) is 2. The highest BCUT2D eigenvalue weighted by Gasteiger charge is 2.18. The molecule has 0 aliphatic carbocycles. The van der Waals surface area contributed by atoms with Gasteiger partial charge in [0.25, 0.3) is 11.8 Å². The molecule has 3 aromatic carbocycles. The smallest absolute Gasteiger partial charge is 0.326 e. The number of rotatable bonds is 7. The zero-order valence-corrected chi connectivity index (χ0v) is 16.7. The van der Waals surface area contributed by atoms with Crippen molar-refractivity contribution in [2.75, 3.05) is 19.0 Å². The van der Waals surface area contributed by atoms with Crippen LogP contribution in [-0.2, 0) is 14.3 Å². The highest BCUT2D eigenvalue weighted by molar-refractivity contribution is 5.98. The van der Waals surface area contributed by atoms with Crippen LogP contribution >= 0.6 is 0 Å². The number of hydrogen-bond acceptors (Lipinski definition) is 5. The fraction of sp³-hybridized carbons (Fsp3) is 0.174. The largest absolute Gasteiger partial charge is 0.497 e. The molecule has 30 heavy (non-hydrogen) atoms. The molecule has 154 valence electrons. The molecule has 2 amide bonds. The first-order valence-electron chi connectivity index (χ1n) is 9.37. The van der Waals surface area contributed by atoms with Gasteiger partial charge >= 0.3 is 5.97 Å². The van der Waals surface area contributed by atoms with E-state index in [1.807, 2.05) is 36.4 Å². The van der Waals surface area contributed by atoms with E-state index in [1.54, 1.807) is 30.3 Å². The molecular formula is C23H22N2O5. The van der Waals surface area contributed by atoms with Gasteiger partial charge in [0.1, 0.15) is 12.3 Å². The second-order valence-corrected chi connectivity index (χ2v) is 6.59. The summed E-state index contributed by atoms with van der Waals surface area (Å²) in [6.07, 6.45) is -1.01. The van der Waals surface area contributed by atoms with Crippen LogP contribution < -0.4 is 15.4 Å². The summed E-state index contributed by atoms with van der Waals surface area (Å²) in [6.45, 7) is 1.12. The standard InChI is InChI=1S/C23H22N2O5/c1-15(22(27)25-19-10-7-16-5-3-4-6-18(16)13-19)30-21(26)14-24-23(28)17-8-11-20(29-2)12-9-17/h3-13,15H,14H2,1-2H3,(H,24,28)(H,25,27)/t15-/m1/s1. The van der Waals surface area contributed by atoms with Gasteiger partial charge in [-0.1, -0.05) is 30.3 Å². The van der Waals surface area contributed by atoms with Gasteiger partial charge in [-0.15, -0.1) is 0 Å². The molecule has 3 rings (SSSR count). The SMILES string of the molecule is COc1ccc(C(=O)NCC(=O)O[C@H](C)C(=O)Nc2ccc3ccccc3c2)cc1. The van der Waals surface area contributed by atoms with Crippen LogP contribution in [0.3, 0.4) is 0 Å². The monoisotopic (exact) mass is 406 g/mol. The Morgan fingerprint density at radius 3 is 2.33 bits per heavy atom. The van der Waals surface area contributed by atoms with Crippen LogP contribution in [0.5, 0.6) is 5.75 Å². The Bertz CT molecular complexity index is 1060. The second-order valence-electron chi connectivity index (χ2n) is 6.59. The maximum atomic E-state index is 12.3. The summed E-state index contributed by atoms with van der Waals surface area (Å²) in [6, 6.07) is 19.8. The van der Waals surface area contributed by atoms with E-state index in [-0.39, 0.29) is 6.54 Å². The molecule has 0 aromatic heterocycles. The molecule has 0 aliphatic heterocycles. The van der Waals surface area contributed by atoms with Gasteiger partial charge in [-0.25, -0.2) is 0 Å². The van der Waals surface area contributed by atoms with Crippen molar-refractivity contribution in [2.45, 2.75) is 13.0 Å². The van der Waals surface area contributed by atoms with Crippen LogP contribution in [0, 0.1) is 0 Å². The molecule has 0 saturated heterocycles. The third-order valence-corrected chi connectivity index (χ3v) is 4.44. The van der Waals surface area contributed by atoms with Gasteiger partial charge in [0.15, 0.2) is 6.10 Å². The van der Waals surface area contributed by atoms with Gasteiger partial charge in [-0.05, 0) is 54.1 Å². The molecule has 2 N–H and O–H groups in total. The van der Waals surface area contributed by atoms with Crippen LogP contribution in [-0.4, -0.2) is 37.5 Å². The minimum absolute atomic E-state index is 0.349. The number of esters is 1. The van der Waals surface area contributed by atoms with Crippen molar-refractivity contribution in [2.24, 2.45) is 0 Å². The number of carbonyl (C=O) groups excluding carboxylic acids is 3. The number of methoxy groups -OCH3 is 1. The van der Waals surface area contributed by atoms with Gasteiger partial charge in [0.2, 0.25) is 0 Å². The maximum absolute atomic E-state index is 12.3. The Balaban J connectivity index is 1.48. The van der Waals surface area contributed by atoms with Crippen LogP contribution in [0.4, 0.5) is 5.69 Å². The van der Waals surface area contributed by atoms with Crippen molar-refractivity contribution < 1.29 is 23.9 Å². The Labute approximate surface area is 174 Å². The number of carbonyl (C=O) groups is 3. The van der Waals surface area contributed by atoms with Crippen LogP contribution in [0.15, 0.2) is 66.7 Å². The van der Waals surface area contributed by atoms with Gasteiger partial charge in [0.05, 0.1) is 7.11 Å². The predicted molar refractivity (Wildman–Crippen MR) is 113 cm³/mol. The van der Waals surface area contributed by atoms with E-state index in [2.05, 4.69) is 10.6 Å². The molecule has 0 fully saturated rings. The molecular weight excluding hydrogens is 384 g/mol. The summed E-state index contributed by atoms with van der Waals surface area (Å²) < 4.78 is 10.1. The summed E-state index contributed by atoms with van der Waals surface area (Å²) in [7, 11) is 1.53. The second kappa shape index (κ2) is 9.56. The van der Waals surface area contributed by atoms with E-state index in [4.69, 9.17) is 9.47 Å². The first-order valence-corrected chi connectivity index (χ1v) is 9.37. The molecule has 7 heteroatoms. The lowest BCUT2D eigenvalue weighted by atomic mass is 10.1. The number of fused-ring (bicyclic) bond motifs is 1. The fourth-order valence-electron chi connectivity index (χ4n) is 2.80. The summed E-state index contributed by atoms with van der Waals surface area (Å²) in [5.41, 5.74) is 0.986. The van der Waals surface area contributed by atoms with Gasteiger partial charge in [-0.2, -0.15) is 0 Å². The summed E-state index contributed by atoms with van der Waals surface area (Å²) in [4.78, 5) is 36.4. The average Bonchev–Trinajstić information content (AvgIpc) is 2.77. The lowest BCUT2D eigenvalue weighted by Crippen LogP contribution is -2.35. The van der Waals surface area contributed by atoms with Gasteiger partial charge < -0.3 is 20.1 Å². The highest BCUT2D eigenvalue weighted by Crippen LogP contribution is 2.19. The van der Waals surface area contributed by atoms with E-state index >= 15 is 0 Å². The number of ether oxygens (including phenoxy) is 2. The Hall–Kier alpha value is -3.87. The molecule has 0 unspecified atom stereocenters. The molecule has 0 radical (unpaired) electrons. The first kappa shape index (κ1) is 20.9. The molecule has 7 nitrogen and oxygen atoms in total. The van der Waals surface area contributed by atoms with Gasteiger partial charge in [0, 0.05) is 11.3 Å². The fourth-order valence-corrected chi connectivity index (χ4v) is 2.80. The summed E-state index contributed by atoms with van der Waals surface area (Å²) in [5, 5.41) is 7.23. The van der Waals surface area contributed by atoms with Crippen molar-refractivity contribution in [3.05, 3.63) is 72.3 Å². The number of anilines is 1. The maximum Gasteiger partial charge on any atom is 0.326 e. The third kappa shape index (κ3) is 5.35. The van der Waals surface area contributed by atoms with Crippen molar-refractivity contribution in [1.82, 2.24) is 5.32 Å². The van der Waals surface area contributed by atoms with Crippen LogP contribution in [0.2, 0.25) is 0 Å². The van der Waals surface area contributed by atoms with E-state index in [0.29, 0.717) is 17.0 Å². The Kier molecular flexibility index (Phi) is 6.64. The first-order chi connectivity index (χ1) is 14.5. The summed E-state index contributed by atoms with van der Waals surface area (Å²) in [5.74, 6) is -0.974. The van der Waals surface area contributed by atoms with E-state index < -0.39 is 23.9 Å². The molecule has 0 aliphatic rings. The number of hydrogen-bond donors (Lipinski definition) is 2.